The van der Waals surface area contributed by atoms with Crippen molar-refractivity contribution in [2.24, 2.45) is 0 Å². The lowest BCUT2D eigenvalue weighted by Gasteiger charge is -2.24. The Hall–Kier alpha value is -2.21. The molecule has 0 N–H and O–H groups in total. The van der Waals surface area contributed by atoms with Crippen molar-refractivity contribution in [3.8, 4) is 0 Å². The molecule has 0 unspecified atom stereocenters. The van der Waals surface area contributed by atoms with Crippen LogP contribution in [0.2, 0.25) is 0 Å². The molecule has 1 aromatic heterocycles. The fourth-order valence-corrected chi connectivity index (χ4v) is 3.43. The van der Waals surface area contributed by atoms with Crippen molar-refractivity contribution in [1.29, 1.82) is 0 Å². The Balaban J connectivity index is 1.84. The molecule has 108 valence electrons. The second-order valence-electron chi connectivity index (χ2n) is 5.00. The van der Waals surface area contributed by atoms with Gasteiger partial charge in [-0.1, -0.05) is 41.7 Å². The largest absolute Gasteiger partial charge is 0.332 e. The lowest BCUT2D eigenvalue weighted by molar-refractivity contribution is -0.380. The van der Waals surface area contributed by atoms with E-state index in [2.05, 4.69) is 0 Å². The zero-order valence-electron chi connectivity index (χ0n) is 11.3. The van der Waals surface area contributed by atoms with Crippen molar-refractivity contribution in [2.75, 3.05) is 6.54 Å². The summed E-state index contributed by atoms with van der Waals surface area (Å²) in [4.78, 5) is 24.7. The van der Waals surface area contributed by atoms with Gasteiger partial charge in [0, 0.05) is 18.0 Å². The second kappa shape index (κ2) is 5.65. The smallest absolute Gasteiger partial charge is 0.324 e. The minimum atomic E-state index is -0.458. The van der Waals surface area contributed by atoms with Crippen molar-refractivity contribution in [2.45, 2.75) is 18.9 Å². The van der Waals surface area contributed by atoms with E-state index in [9.17, 15) is 14.9 Å². The molecule has 0 bridgehead atoms. The van der Waals surface area contributed by atoms with E-state index in [1.807, 2.05) is 35.2 Å². The number of likely N-dealkylation sites (tertiary alicyclic amines) is 1. The predicted molar refractivity (Wildman–Crippen MR) is 80.4 cm³/mol. The van der Waals surface area contributed by atoms with Crippen molar-refractivity contribution in [3.63, 3.8) is 0 Å². The molecule has 1 saturated heterocycles. The van der Waals surface area contributed by atoms with Gasteiger partial charge < -0.3 is 4.90 Å². The summed E-state index contributed by atoms with van der Waals surface area (Å²) in [5.41, 5.74) is 1.53. The number of amides is 1. The summed E-state index contributed by atoms with van der Waals surface area (Å²) in [6, 6.07) is 11.4. The first kappa shape index (κ1) is 13.8. The zero-order valence-corrected chi connectivity index (χ0v) is 12.1. The van der Waals surface area contributed by atoms with Crippen LogP contribution in [0.25, 0.3) is 0 Å². The number of hydrogen-bond donors (Lipinski definition) is 0. The number of nitrogens with zero attached hydrogens (tertiary/aromatic N) is 2. The highest BCUT2D eigenvalue weighted by atomic mass is 32.1. The minimum absolute atomic E-state index is 0.00816. The SMILES string of the molecule is O=C(c1csc([N+](=O)[O-])c1)N1CCC[C@@H]1c1ccccc1. The van der Waals surface area contributed by atoms with Crippen LogP contribution in [0.1, 0.15) is 34.8 Å². The number of thiophene rings is 1. The summed E-state index contributed by atoms with van der Waals surface area (Å²) in [6.07, 6.45) is 1.89. The van der Waals surface area contributed by atoms with Crippen LogP contribution >= 0.6 is 11.3 Å². The van der Waals surface area contributed by atoms with Crippen molar-refractivity contribution >= 4 is 22.2 Å². The Morgan fingerprint density at radius 1 is 1.33 bits per heavy atom. The van der Waals surface area contributed by atoms with Gasteiger partial charge in [0.2, 0.25) is 0 Å². The third-order valence-electron chi connectivity index (χ3n) is 3.71. The van der Waals surface area contributed by atoms with E-state index in [0.29, 0.717) is 12.1 Å². The van der Waals surface area contributed by atoms with Gasteiger partial charge in [0.05, 0.1) is 16.5 Å². The summed E-state index contributed by atoms with van der Waals surface area (Å²) in [5.74, 6) is -0.120. The Kier molecular flexibility index (Phi) is 3.70. The maximum absolute atomic E-state index is 12.6. The monoisotopic (exact) mass is 302 g/mol. The number of carbonyl (C=O) groups is 1. The molecule has 1 aliphatic rings. The highest BCUT2D eigenvalue weighted by molar-refractivity contribution is 7.13. The number of benzene rings is 1. The predicted octanol–water partition coefficient (Wildman–Crippen LogP) is 3.63. The molecule has 1 amide bonds. The first-order valence-electron chi connectivity index (χ1n) is 6.75. The van der Waals surface area contributed by atoms with Crippen molar-refractivity contribution in [1.82, 2.24) is 4.90 Å². The molecule has 0 radical (unpaired) electrons. The van der Waals surface area contributed by atoms with Crippen LogP contribution in [-0.4, -0.2) is 22.3 Å². The van der Waals surface area contributed by atoms with Crippen LogP contribution in [0.3, 0.4) is 0 Å². The average molecular weight is 302 g/mol. The Morgan fingerprint density at radius 2 is 2.10 bits per heavy atom. The summed E-state index contributed by atoms with van der Waals surface area (Å²) >= 11 is 0.995. The van der Waals surface area contributed by atoms with Crippen LogP contribution in [0, 0.1) is 10.1 Å². The topological polar surface area (TPSA) is 63.4 Å². The maximum Gasteiger partial charge on any atom is 0.324 e. The van der Waals surface area contributed by atoms with Gasteiger partial charge in [0.1, 0.15) is 0 Å². The van der Waals surface area contributed by atoms with E-state index < -0.39 is 4.92 Å². The first-order valence-corrected chi connectivity index (χ1v) is 7.63. The van der Waals surface area contributed by atoms with Crippen LogP contribution < -0.4 is 0 Å². The average Bonchev–Trinajstić information content (AvgIpc) is 3.17. The van der Waals surface area contributed by atoms with Gasteiger partial charge in [-0.2, -0.15) is 0 Å². The van der Waals surface area contributed by atoms with E-state index in [-0.39, 0.29) is 17.0 Å². The number of rotatable bonds is 3. The van der Waals surface area contributed by atoms with Gasteiger partial charge in [0.25, 0.3) is 5.91 Å². The molecule has 0 spiro atoms. The highest BCUT2D eigenvalue weighted by Crippen LogP contribution is 2.34. The normalized spacial score (nSPS) is 17.9. The Labute approximate surface area is 126 Å². The Bertz CT molecular complexity index is 669. The standard InChI is InChI=1S/C15H14N2O3S/c18-15(12-9-14(17(19)20)21-10-12)16-8-4-7-13(16)11-5-2-1-3-6-11/h1-3,5-6,9-10,13H,4,7-8H2/t13-/m1/s1. The summed E-state index contributed by atoms with van der Waals surface area (Å²) in [7, 11) is 0. The van der Waals surface area contributed by atoms with Gasteiger partial charge in [-0.15, -0.1) is 0 Å². The molecule has 5 nitrogen and oxygen atoms in total. The summed E-state index contributed by atoms with van der Waals surface area (Å²) < 4.78 is 0. The van der Waals surface area contributed by atoms with Crippen LogP contribution in [-0.2, 0) is 0 Å². The fourth-order valence-electron chi connectivity index (χ4n) is 2.73. The van der Waals surface area contributed by atoms with Gasteiger partial charge in [-0.3, -0.25) is 14.9 Å². The van der Waals surface area contributed by atoms with Gasteiger partial charge in [-0.05, 0) is 18.4 Å². The lowest BCUT2D eigenvalue weighted by atomic mass is 10.0. The molecule has 0 saturated carbocycles. The first-order chi connectivity index (χ1) is 10.2. The van der Waals surface area contributed by atoms with E-state index in [0.717, 1.165) is 29.7 Å². The molecule has 1 aliphatic heterocycles. The van der Waals surface area contributed by atoms with Crippen molar-refractivity contribution < 1.29 is 9.72 Å². The number of carbonyl (C=O) groups excluding carboxylic acids is 1. The maximum atomic E-state index is 12.6. The second-order valence-corrected chi connectivity index (χ2v) is 5.89. The third-order valence-corrected chi connectivity index (χ3v) is 4.59. The molecular formula is C15H14N2O3S. The summed E-state index contributed by atoms with van der Waals surface area (Å²) in [6.45, 7) is 0.696. The third kappa shape index (κ3) is 2.67. The minimum Gasteiger partial charge on any atom is -0.332 e. The molecule has 2 aromatic rings. The molecule has 2 heterocycles. The van der Waals surface area contributed by atoms with Crippen LogP contribution in [0.15, 0.2) is 41.8 Å². The quantitative estimate of drug-likeness (QED) is 0.642. The van der Waals surface area contributed by atoms with E-state index in [1.165, 1.54) is 6.07 Å². The number of hydrogen-bond acceptors (Lipinski definition) is 4. The Morgan fingerprint density at radius 3 is 2.76 bits per heavy atom. The molecule has 3 rings (SSSR count). The molecule has 6 heteroatoms. The van der Waals surface area contributed by atoms with E-state index >= 15 is 0 Å². The van der Waals surface area contributed by atoms with Crippen LogP contribution in [0.5, 0.6) is 0 Å². The van der Waals surface area contributed by atoms with E-state index in [1.54, 1.807) is 5.38 Å². The van der Waals surface area contributed by atoms with Crippen LogP contribution in [0.4, 0.5) is 5.00 Å². The molecular weight excluding hydrogens is 288 g/mol. The van der Waals surface area contributed by atoms with E-state index in [4.69, 9.17) is 0 Å². The molecule has 1 atom stereocenters. The molecule has 0 aliphatic carbocycles. The highest BCUT2D eigenvalue weighted by Gasteiger charge is 2.31. The van der Waals surface area contributed by atoms with Gasteiger partial charge >= 0.3 is 5.00 Å². The molecule has 1 aromatic carbocycles. The zero-order chi connectivity index (χ0) is 14.8. The van der Waals surface area contributed by atoms with Gasteiger partial charge in [-0.25, -0.2) is 0 Å². The van der Waals surface area contributed by atoms with Crippen molar-refractivity contribution in [3.05, 3.63) is 63.0 Å². The number of nitro groups is 1. The molecule has 1 fully saturated rings. The summed E-state index contributed by atoms with van der Waals surface area (Å²) in [5, 5.41) is 12.3. The molecule has 21 heavy (non-hydrogen) atoms. The lowest BCUT2D eigenvalue weighted by Crippen LogP contribution is -2.30. The van der Waals surface area contributed by atoms with Gasteiger partial charge in [0.15, 0.2) is 0 Å². The fraction of sp³-hybridized carbons (Fsp3) is 0.267.